The van der Waals surface area contributed by atoms with Crippen LogP contribution in [0.25, 0.3) is 10.9 Å². The third-order valence-corrected chi connectivity index (χ3v) is 4.32. The van der Waals surface area contributed by atoms with Crippen LogP contribution in [0.2, 0.25) is 0 Å². The number of carbonyl (C=O) groups is 1. The normalized spacial score (nSPS) is 14.1. The van der Waals surface area contributed by atoms with Gasteiger partial charge in [-0.25, -0.2) is 0 Å². The number of benzene rings is 1. The highest BCUT2D eigenvalue weighted by molar-refractivity contribution is 5.84. The lowest BCUT2D eigenvalue weighted by molar-refractivity contribution is -0.125. The van der Waals surface area contributed by atoms with Crippen LogP contribution in [0.5, 0.6) is 0 Å². The van der Waals surface area contributed by atoms with E-state index in [-0.39, 0.29) is 37.2 Å². The van der Waals surface area contributed by atoms with E-state index >= 15 is 0 Å². The third kappa shape index (κ3) is 3.95. The predicted molar refractivity (Wildman–Crippen MR) is 94.6 cm³/mol. The molecule has 0 aliphatic carbocycles. The molecule has 0 spiro atoms. The van der Waals surface area contributed by atoms with E-state index in [2.05, 4.69) is 10.6 Å². The standard InChI is InChI=1S/C18H27N3O3/c1-12(2)17(19-3)18(24)20-14(10-22)8-13-9-21(11-23)16-7-5-4-6-15(13)16/h4-7,9,12,14,17,19,22-23H,8,10-11H2,1-3H3,(H,20,24)/t14-,17-/m0/s1. The van der Waals surface area contributed by atoms with Gasteiger partial charge in [-0.3, -0.25) is 4.79 Å². The molecule has 0 radical (unpaired) electrons. The van der Waals surface area contributed by atoms with E-state index in [9.17, 15) is 15.0 Å². The maximum Gasteiger partial charge on any atom is 0.237 e. The predicted octanol–water partition coefficient (Wildman–Crippen LogP) is 0.855. The lowest BCUT2D eigenvalue weighted by Gasteiger charge is -2.23. The topological polar surface area (TPSA) is 86.5 Å². The van der Waals surface area contributed by atoms with E-state index < -0.39 is 0 Å². The second-order valence-electron chi connectivity index (χ2n) is 6.39. The summed E-state index contributed by atoms with van der Waals surface area (Å²) in [5.41, 5.74) is 1.93. The molecule has 2 rings (SSSR count). The van der Waals surface area contributed by atoms with Gasteiger partial charge in [0.05, 0.1) is 24.2 Å². The lowest BCUT2D eigenvalue weighted by atomic mass is 10.0. The number of aliphatic hydroxyl groups is 2. The SMILES string of the molecule is CN[C@H](C(=O)N[C@H](CO)Cc1cn(CO)c2ccccc12)C(C)C. The summed E-state index contributed by atoms with van der Waals surface area (Å²) < 4.78 is 1.76. The number of amides is 1. The molecule has 2 aromatic rings. The largest absolute Gasteiger partial charge is 0.394 e. The number of hydrogen-bond acceptors (Lipinski definition) is 4. The van der Waals surface area contributed by atoms with Crippen molar-refractivity contribution in [2.45, 2.75) is 39.1 Å². The molecular weight excluding hydrogens is 306 g/mol. The zero-order valence-electron chi connectivity index (χ0n) is 14.5. The van der Waals surface area contributed by atoms with Crippen molar-refractivity contribution in [3.63, 3.8) is 0 Å². The first-order chi connectivity index (χ1) is 11.5. The van der Waals surface area contributed by atoms with Gasteiger partial charge in [-0.15, -0.1) is 0 Å². The first-order valence-electron chi connectivity index (χ1n) is 8.27. The van der Waals surface area contributed by atoms with E-state index in [1.807, 2.05) is 44.3 Å². The molecule has 0 bridgehead atoms. The van der Waals surface area contributed by atoms with Crippen LogP contribution in [-0.2, 0) is 17.9 Å². The number of aliphatic hydroxyl groups excluding tert-OH is 2. The van der Waals surface area contributed by atoms with Crippen LogP contribution in [0.3, 0.4) is 0 Å². The average molecular weight is 333 g/mol. The van der Waals surface area contributed by atoms with E-state index in [1.54, 1.807) is 11.6 Å². The molecule has 0 aliphatic heterocycles. The Kier molecular flexibility index (Phi) is 6.36. The molecule has 0 saturated carbocycles. The summed E-state index contributed by atoms with van der Waals surface area (Å²) >= 11 is 0. The molecule has 1 aromatic carbocycles. The third-order valence-electron chi connectivity index (χ3n) is 4.32. The lowest BCUT2D eigenvalue weighted by Crippen LogP contribution is -2.50. The molecule has 1 aromatic heterocycles. The van der Waals surface area contributed by atoms with Gasteiger partial charge in [-0.05, 0) is 31.0 Å². The van der Waals surface area contributed by atoms with E-state index in [4.69, 9.17) is 0 Å². The summed E-state index contributed by atoms with van der Waals surface area (Å²) in [6.07, 6.45) is 2.38. The zero-order chi connectivity index (χ0) is 17.7. The minimum atomic E-state index is -0.370. The van der Waals surface area contributed by atoms with Gasteiger partial charge < -0.3 is 25.4 Å². The first kappa shape index (κ1) is 18.4. The summed E-state index contributed by atoms with van der Waals surface area (Å²) in [5.74, 6) is 0.0445. The van der Waals surface area contributed by atoms with Crippen LogP contribution in [0.15, 0.2) is 30.5 Å². The highest BCUT2D eigenvalue weighted by Gasteiger charge is 2.23. The van der Waals surface area contributed by atoms with Crippen LogP contribution < -0.4 is 10.6 Å². The Balaban J connectivity index is 2.17. The molecular formula is C18H27N3O3. The molecule has 0 unspecified atom stereocenters. The van der Waals surface area contributed by atoms with Gasteiger partial charge in [0.25, 0.3) is 0 Å². The Morgan fingerprint density at radius 3 is 2.54 bits per heavy atom. The number of aromatic nitrogens is 1. The van der Waals surface area contributed by atoms with Crippen LogP contribution in [0.1, 0.15) is 19.4 Å². The Labute approximate surface area is 142 Å². The number of carbonyl (C=O) groups excluding carboxylic acids is 1. The van der Waals surface area contributed by atoms with Gasteiger partial charge in [0.1, 0.15) is 6.73 Å². The fourth-order valence-electron chi connectivity index (χ4n) is 3.09. The van der Waals surface area contributed by atoms with Crippen molar-refractivity contribution in [3.05, 3.63) is 36.0 Å². The van der Waals surface area contributed by atoms with Crippen molar-refractivity contribution in [2.75, 3.05) is 13.7 Å². The molecule has 0 aliphatic rings. The highest BCUT2D eigenvalue weighted by atomic mass is 16.3. The smallest absolute Gasteiger partial charge is 0.237 e. The van der Waals surface area contributed by atoms with Gasteiger partial charge in [0.15, 0.2) is 0 Å². The maximum absolute atomic E-state index is 12.4. The van der Waals surface area contributed by atoms with Crippen molar-refractivity contribution < 1.29 is 15.0 Å². The highest BCUT2D eigenvalue weighted by Crippen LogP contribution is 2.22. The molecule has 6 heteroatoms. The van der Waals surface area contributed by atoms with Gasteiger partial charge >= 0.3 is 0 Å². The van der Waals surface area contributed by atoms with Gasteiger partial charge in [-0.1, -0.05) is 32.0 Å². The van der Waals surface area contributed by atoms with E-state index in [1.165, 1.54) is 0 Å². The average Bonchev–Trinajstić information content (AvgIpc) is 2.92. The van der Waals surface area contributed by atoms with Crippen molar-refractivity contribution in [2.24, 2.45) is 5.92 Å². The van der Waals surface area contributed by atoms with Crippen molar-refractivity contribution >= 4 is 16.8 Å². The number of nitrogens with zero attached hydrogens (tertiary/aromatic N) is 1. The van der Waals surface area contributed by atoms with Crippen molar-refractivity contribution in [1.29, 1.82) is 0 Å². The molecule has 0 saturated heterocycles. The molecule has 4 N–H and O–H groups in total. The molecule has 0 fully saturated rings. The number of likely N-dealkylation sites (N-methyl/N-ethyl adjacent to an activating group) is 1. The molecule has 1 heterocycles. The summed E-state index contributed by atoms with van der Waals surface area (Å²) in [6, 6.07) is 7.12. The maximum atomic E-state index is 12.4. The fourth-order valence-corrected chi connectivity index (χ4v) is 3.09. The Hall–Kier alpha value is -1.89. The van der Waals surface area contributed by atoms with Crippen LogP contribution in [-0.4, -0.2) is 46.4 Å². The minimum absolute atomic E-state index is 0.105. The second-order valence-corrected chi connectivity index (χ2v) is 6.39. The van der Waals surface area contributed by atoms with E-state index in [0.717, 1.165) is 16.5 Å². The Morgan fingerprint density at radius 2 is 1.96 bits per heavy atom. The summed E-state index contributed by atoms with van der Waals surface area (Å²) in [4.78, 5) is 12.4. The number of nitrogens with one attached hydrogen (secondary N) is 2. The monoisotopic (exact) mass is 333 g/mol. The molecule has 1 amide bonds. The van der Waals surface area contributed by atoms with E-state index in [0.29, 0.717) is 6.42 Å². The van der Waals surface area contributed by atoms with Gasteiger partial charge in [-0.2, -0.15) is 0 Å². The number of rotatable bonds is 8. The molecule has 132 valence electrons. The second kappa shape index (κ2) is 8.28. The molecule has 2 atom stereocenters. The van der Waals surface area contributed by atoms with Crippen LogP contribution in [0, 0.1) is 5.92 Å². The minimum Gasteiger partial charge on any atom is -0.394 e. The Morgan fingerprint density at radius 1 is 1.25 bits per heavy atom. The molecule has 24 heavy (non-hydrogen) atoms. The molecule has 6 nitrogen and oxygen atoms in total. The zero-order valence-corrected chi connectivity index (χ0v) is 14.5. The first-order valence-corrected chi connectivity index (χ1v) is 8.27. The van der Waals surface area contributed by atoms with Crippen molar-refractivity contribution in [1.82, 2.24) is 15.2 Å². The summed E-state index contributed by atoms with van der Waals surface area (Å²) in [5, 5.41) is 26.1. The number of hydrogen-bond donors (Lipinski definition) is 4. The quantitative estimate of drug-likeness (QED) is 0.577. The van der Waals surface area contributed by atoms with Crippen LogP contribution in [0.4, 0.5) is 0 Å². The Bertz CT molecular complexity index is 681. The van der Waals surface area contributed by atoms with Gasteiger partial charge in [0.2, 0.25) is 5.91 Å². The summed E-state index contributed by atoms with van der Waals surface area (Å²) in [6.45, 7) is 3.71. The fraction of sp³-hybridized carbons (Fsp3) is 0.500. The number of para-hydroxylation sites is 1. The van der Waals surface area contributed by atoms with Gasteiger partial charge in [0, 0.05) is 11.6 Å². The van der Waals surface area contributed by atoms with Crippen LogP contribution >= 0.6 is 0 Å². The number of fused-ring (bicyclic) bond motifs is 1. The van der Waals surface area contributed by atoms with Crippen molar-refractivity contribution in [3.8, 4) is 0 Å². The summed E-state index contributed by atoms with van der Waals surface area (Å²) in [7, 11) is 1.76.